The van der Waals surface area contributed by atoms with Crippen molar-refractivity contribution in [3.63, 3.8) is 0 Å². The van der Waals surface area contributed by atoms with E-state index >= 15 is 0 Å². The van der Waals surface area contributed by atoms with Crippen molar-refractivity contribution < 1.29 is 14.3 Å². The summed E-state index contributed by atoms with van der Waals surface area (Å²) in [6, 6.07) is 7.65. The topological polar surface area (TPSA) is 88.3 Å². The van der Waals surface area contributed by atoms with Crippen molar-refractivity contribution in [3.05, 3.63) is 64.1 Å². The molecule has 0 spiro atoms. The minimum atomic E-state index is -0.594. The van der Waals surface area contributed by atoms with E-state index in [4.69, 9.17) is 0 Å². The van der Waals surface area contributed by atoms with Crippen LogP contribution in [-0.4, -0.2) is 24.0 Å². The Kier molecular flexibility index (Phi) is 3.95. The lowest BCUT2D eigenvalue weighted by atomic mass is 10.1. The molecular formula is C14H12N2O4. The number of methoxy groups -OCH3 is 1. The van der Waals surface area contributed by atoms with Crippen LogP contribution in [0.1, 0.15) is 20.7 Å². The summed E-state index contributed by atoms with van der Waals surface area (Å²) in [6.45, 7) is 0. The third kappa shape index (κ3) is 2.74. The number of aromatic nitrogens is 1. The lowest BCUT2D eigenvalue weighted by molar-refractivity contribution is 0.0602. The van der Waals surface area contributed by atoms with E-state index in [1.165, 1.54) is 31.6 Å². The zero-order chi connectivity index (χ0) is 14.5. The highest BCUT2D eigenvalue weighted by Crippen LogP contribution is 2.16. The number of carbonyl (C=O) groups is 2. The molecule has 0 atom stereocenters. The highest BCUT2D eigenvalue weighted by Gasteiger charge is 2.15. The fourth-order valence-electron chi connectivity index (χ4n) is 1.66. The quantitative estimate of drug-likeness (QED) is 0.827. The van der Waals surface area contributed by atoms with Crippen molar-refractivity contribution in [1.82, 2.24) is 4.98 Å². The summed E-state index contributed by atoms with van der Waals surface area (Å²) in [4.78, 5) is 37.8. The summed E-state index contributed by atoms with van der Waals surface area (Å²) in [5.74, 6) is -1.16. The number of ether oxygens (including phenoxy) is 1. The van der Waals surface area contributed by atoms with Crippen molar-refractivity contribution >= 4 is 17.6 Å². The molecule has 1 aromatic carbocycles. The van der Waals surface area contributed by atoms with Gasteiger partial charge in [0.25, 0.3) is 5.91 Å². The second kappa shape index (κ2) is 5.83. The number of carbonyl (C=O) groups excluding carboxylic acids is 2. The van der Waals surface area contributed by atoms with Crippen LogP contribution < -0.4 is 10.7 Å². The van der Waals surface area contributed by atoms with Crippen LogP contribution in [0.2, 0.25) is 0 Å². The van der Waals surface area contributed by atoms with Crippen molar-refractivity contribution in [3.8, 4) is 0 Å². The number of aromatic amines is 1. The highest BCUT2D eigenvalue weighted by atomic mass is 16.5. The van der Waals surface area contributed by atoms with Gasteiger partial charge >= 0.3 is 5.97 Å². The summed E-state index contributed by atoms with van der Waals surface area (Å²) in [6.07, 6.45) is 2.74. The fraction of sp³-hybridized carbons (Fsp3) is 0.0714. The van der Waals surface area contributed by atoms with Gasteiger partial charge in [-0.2, -0.15) is 0 Å². The Morgan fingerprint density at radius 2 is 1.90 bits per heavy atom. The maximum Gasteiger partial charge on any atom is 0.339 e. The molecule has 0 bridgehead atoms. The fourth-order valence-corrected chi connectivity index (χ4v) is 1.66. The van der Waals surface area contributed by atoms with Crippen LogP contribution in [0.25, 0.3) is 0 Å². The molecular weight excluding hydrogens is 260 g/mol. The van der Waals surface area contributed by atoms with E-state index in [-0.39, 0.29) is 16.8 Å². The lowest BCUT2D eigenvalue weighted by Gasteiger charge is -2.09. The molecule has 2 aromatic rings. The number of nitrogens with one attached hydrogen (secondary N) is 2. The first-order valence-corrected chi connectivity index (χ1v) is 5.79. The molecule has 0 fully saturated rings. The number of rotatable bonds is 3. The van der Waals surface area contributed by atoms with Gasteiger partial charge in [-0.25, -0.2) is 4.79 Å². The lowest BCUT2D eigenvalue weighted by Crippen LogP contribution is -2.22. The third-order valence-corrected chi connectivity index (χ3v) is 2.65. The van der Waals surface area contributed by atoms with Gasteiger partial charge in [0, 0.05) is 18.5 Å². The molecule has 2 rings (SSSR count). The Morgan fingerprint density at radius 1 is 1.15 bits per heavy atom. The molecule has 0 aliphatic carbocycles. The maximum absolute atomic E-state index is 12.0. The Balaban J connectivity index is 2.32. The van der Waals surface area contributed by atoms with E-state index in [9.17, 15) is 14.4 Å². The average molecular weight is 272 g/mol. The first kappa shape index (κ1) is 13.5. The van der Waals surface area contributed by atoms with Gasteiger partial charge in [-0.1, -0.05) is 12.1 Å². The maximum atomic E-state index is 12.0. The van der Waals surface area contributed by atoms with Gasteiger partial charge in [-0.3, -0.25) is 9.59 Å². The molecule has 1 amide bonds. The SMILES string of the molecule is COC(=O)c1ccccc1NC(=O)c1c[nH]ccc1=O. The monoisotopic (exact) mass is 272 g/mol. The minimum Gasteiger partial charge on any atom is -0.465 e. The van der Waals surface area contributed by atoms with Gasteiger partial charge in [0.05, 0.1) is 18.4 Å². The van der Waals surface area contributed by atoms with Crippen molar-refractivity contribution in [2.45, 2.75) is 0 Å². The third-order valence-electron chi connectivity index (χ3n) is 2.65. The molecule has 0 unspecified atom stereocenters. The molecule has 102 valence electrons. The Hall–Kier alpha value is -2.89. The predicted octanol–water partition coefficient (Wildman–Crippen LogP) is 1.41. The van der Waals surface area contributed by atoms with E-state index in [0.717, 1.165) is 0 Å². The van der Waals surface area contributed by atoms with Gasteiger partial charge in [-0.15, -0.1) is 0 Å². The number of para-hydroxylation sites is 1. The van der Waals surface area contributed by atoms with Gasteiger partial charge in [0.2, 0.25) is 0 Å². The molecule has 0 saturated carbocycles. The molecule has 1 heterocycles. The number of anilines is 1. The second-order valence-electron chi connectivity index (χ2n) is 3.91. The number of hydrogen-bond acceptors (Lipinski definition) is 4. The molecule has 0 aliphatic heterocycles. The minimum absolute atomic E-state index is 0.0350. The van der Waals surface area contributed by atoms with Gasteiger partial charge in [0.15, 0.2) is 5.43 Å². The van der Waals surface area contributed by atoms with Gasteiger partial charge in [-0.05, 0) is 12.1 Å². The summed E-state index contributed by atoms with van der Waals surface area (Å²) in [5.41, 5.74) is 0.0623. The first-order chi connectivity index (χ1) is 9.63. The van der Waals surface area contributed by atoms with Gasteiger partial charge in [0.1, 0.15) is 5.56 Å². The van der Waals surface area contributed by atoms with E-state index in [2.05, 4.69) is 15.0 Å². The molecule has 1 aromatic heterocycles. The Morgan fingerprint density at radius 3 is 2.60 bits per heavy atom. The zero-order valence-corrected chi connectivity index (χ0v) is 10.7. The highest BCUT2D eigenvalue weighted by molar-refractivity contribution is 6.07. The Bertz CT molecular complexity index is 706. The Labute approximate surface area is 114 Å². The smallest absolute Gasteiger partial charge is 0.339 e. The number of esters is 1. The van der Waals surface area contributed by atoms with Crippen molar-refractivity contribution in [1.29, 1.82) is 0 Å². The summed E-state index contributed by atoms with van der Waals surface area (Å²) >= 11 is 0. The van der Waals surface area contributed by atoms with Crippen LogP contribution in [0.15, 0.2) is 47.5 Å². The largest absolute Gasteiger partial charge is 0.465 e. The molecule has 0 aliphatic rings. The van der Waals surface area contributed by atoms with Crippen LogP contribution in [0, 0.1) is 0 Å². The normalized spacial score (nSPS) is 9.85. The summed E-state index contributed by atoms with van der Waals surface area (Å²) in [5, 5.41) is 2.52. The van der Waals surface area contributed by atoms with Crippen molar-refractivity contribution in [2.75, 3.05) is 12.4 Å². The molecule has 20 heavy (non-hydrogen) atoms. The van der Waals surface area contributed by atoms with Crippen molar-refractivity contribution in [2.24, 2.45) is 0 Å². The molecule has 2 N–H and O–H groups in total. The number of H-pyrrole nitrogens is 1. The second-order valence-corrected chi connectivity index (χ2v) is 3.91. The van der Waals surface area contributed by atoms with Crippen LogP contribution in [0.3, 0.4) is 0 Å². The standard InChI is InChI=1S/C14H12N2O4/c1-20-14(19)9-4-2-3-5-11(9)16-13(18)10-8-15-7-6-12(10)17/h2-8H,1H3,(H,15,17)(H,16,18). The van der Waals surface area contributed by atoms with E-state index in [0.29, 0.717) is 0 Å². The van der Waals surface area contributed by atoms with Crippen LogP contribution in [0.4, 0.5) is 5.69 Å². The number of pyridine rings is 1. The number of benzene rings is 1. The average Bonchev–Trinajstić information content (AvgIpc) is 2.47. The van der Waals surface area contributed by atoms with E-state index in [1.54, 1.807) is 18.2 Å². The summed E-state index contributed by atoms with van der Waals surface area (Å²) in [7, 11) is 1.25. The van der Waals surface area contributed by atoms with Crippen LogP contribution in [-0.2, 0) is 4.74 Å². The van der Waals surface area contributed by atoms with Gasteiger partial charge < -0.3 is 15.0 Å². The predicted molar refractivity (Wildman–Crippen MR) is 72.8 cm³/mol. The molecule has 6 nitrogen and oxygen atoms in total. The molecule has 0 radical (unpaired) electrons. The number of amides is 1. The molecule has 0 saturated heterocycles. The summed E-state index contributed by atoms with van der Waals surface area (Å²) < 4.78 is 4.63. The van der Waals surface area contributed by atoms with E-state index < -0.39 is 17.3 Å². The zero-order valence-electron chi connectivity index (χ0n) is 10.7. The number of hydrogen-bond donors (Lipinski definition) is 2. The first-order valence-electron chi connectivity index (χ1n) is 5.79. The van der Waals surface area contributed by atoms with E-state index in [1.807, 2.05) is 0 Å². The molecule has 6 heteroatoms. The van der Waals surface area contributed by atoms with Crippen LogP contribution in [0.5, 0.6) is 0 Å². The van der Waals surface area contributed by atoms with Crippen LogP contribution >= 0.6 is 0 Å².